The van der Waals surface area contributed by atoms with Gasteiger partial charge >= 0.3 is 0 Å². The van der Waals surface area contributed by atoms with E-state index in [4.69, 9.17) is 5.26 Å². The van der Waals surface area contributed by atoms with Gasteiger partial charge in [-0.25, -0.2) is 4.98 Å². The minimum Gasteiger partial charge on any atom is -0.392 e. The quantitative estimate of drug-likeness (QED) is 0.858. The van der Waals surface area contributed by atoms with Crippen molar-refractivity contribution in [2.24, 2.45) is 0 Å². The highest BCUT2D eigenvalue weighted by Gasteiger charge is 2.12. The SMILES string of the molecule is CSc1nc(-c2ccccc2)c(CO)cc1C#N. The number of aliphatic hydroxyl groups is 1. The Kier molecular flexibility index (Phi) is 3.98. The maximum atomic E-state index is 9.41. The molecule has 0 amide bonds. The van der Waals surface area contributed by atoms with E-state index in [2.05, 4.69) is 11.1 Å². The van der Waals surface area contributed by atoms with E-state index in [0.29, 0.717) is 16.2 Å². The lowest BCUT2D eigenvalue weighted by atomic mass is 10.0. The van der Waals surface area contributed by atoms with Crippen LogP contribution < -0.4 is 0 Å². The third-order valence-corrected chi connectivity index (χ3v) is 3.30. The van der Waals surface area contributed by atoms with E-state index in [1.807, 2.05) is 36.6 Å². The molecule has 4 heteroatoms. The average molecular weight is 256 g/mol. The lowest BCUT2D eigenvalue weighted by molar-refractivity contribution is 0.282. The van der Waals surface area contributed by atoms with Gasteiger partial charge in [-0.3, -0.25) is 0 Å². The van der Waals surface area contributed by atoms with E-state index < -0.39 is 0 Å². The molecule has 1 heterocycles. The number of thioether (sulfide) groups is 1. The Bertz CT molecular complexity index is 591. The molecule has 1 aromatic heterocycles. The summed E-state index contributed by atoms with van der Waals surface area (Å²) in [5.74, 6) is 0. The van der Waals surface area contributed by atoms with Crippen LogP contribution >= 0.6 is 11.8 Å². The monoisotopic (exact) mass is 256 g/mol. The predicted octanol–water partition coefficient (Wildman–Crippen LogP) is 2.83. The van der Waals surface area contributed by atoms with Gasteiger partial charge in [-0.05, 0) is 12.3 Å². The van der Waals surface area contributed by atoms with Crippen LogP contribution in [0.3, 0.4) is 0 Å². The van der Waals surface area contributed by atoms with Crippen molar-refractivity contribution in [2.75, 3.05) is 6.26 Å². The summed E-state index contributed by atoms with van der Waals surface area (Å²) in [4.78, 5) is 4.48. The van der Waals surface area contributed by atoms with E-state index in [1.165, 1.54) is 11.8 Å². The van der Waals surface area contributed by atoms with Gasteiger partial charge in [0, 0.05) is 11.1 Å². The molecule has 0 aliphatic heterocycles. The summed E-state index contributed by atoms with van der Waals surface area (Å²) in [7, 11) is 0. The third-order valence-electron chi connectivity index (χ3n) is 2.60. The number of pyridine rings is 1. The molecule has 0 spiro atoms. The van der Waals surface area contributed by atoms with Gasteiger partial charge in [0.25, 0.3) is 0 Å². The Balaban J connectivity index is 2.64. The normalized spacial score (nSPS) is 10.1. The van der Waals surface area contributed by atoms with Crippen LogP contribution in [0, 0.1) is 11.3 Å². The Morgan fingerprint density at radius 2 is 2.06 bits per heavy atom. The molecule has 0 fully saturated rings. The summed E-state index contributed by atoms with van der Waals surface area (Å²) in [5.41, 5.74) is 2.87. The van der Waals surface area contributed by atoms with Crippen LogP contribution in [0.5, 0.6) is 0 Å². The zero-order chi connectivity index (χ0) is 13.0. The Labute approximate surface area is 110 Å². The zero-order valence-corrected chi connectivity index (χ0v) is 10.7. The van der Waals surface area contributed by atoms with Gasteiger partial charge in [-0.1, -0.05) is 30.3 Å². The predicted molar refractivity (Wildman–Crippen MR) is 72.1 cm³/mol. The maximum Gasteiger partial charge on any atom is 0.114 e. The lowest BCUT2D eigenvalue weighted by Gasteiger charge is -2.10. The summed E-state index contributed by atoms with van der Waals surface area (Å²) in [6, 6.07) is 13.5. The van der Waals surface area contributed by atoms with E-state index >= 15 is 0 Å². The third kappa shape index (κ3) is 2.37. The van der Waals surface area contributed by atoms with Crippen LogP contribution in [0.2, 0.25) is 0 Å². The lowest BCUT2D eigenvalue weighted by Crippen LogP contribution is -1.98. The first-order valence-electron chi connectivity index (χ1n) is 5.44. The van der Waals surface area contributed by atoms with Crippen molar-refractivity contribution in [1.82, 2.24) is 4.98 Å². The van der Waals surface area contributed by atoms with Crippen molar-refractivity contribution >= 4 is 11.8 Å². The van der Waals surface area contributed by atoms with Crippen molar-refractivity contribution in [2.45, 2.75) is 11.6 Å². The molecule has 1 N–H and O–H groups in total. The standard InChI is InChI=1S/C14H12N2OS/c1-18-14-11(8-15)7-12(9-17)13(16-14)10-5-3-2-4-6-10/h2-7,17H,9H2,1H3. The van der Waals surface area contributed by atoms with E-state index in [0.717, 1.165) is 11.3 Å². The largest absolute Gasteiger partial charge is 0.392 e. The molecule has 0 bridgehead atoms. The molecule has 0 radical (unpaired) electrons. The highest BCUT2D eigenvalue weighted by molar-refractivity contribution is 7.98. The van der Waals surface area contributed by atoms with Gasteiger partial charge < -0.3 is 5.11 Å². The molecule has 0 aliphatic rings. The molecular formula is C14H12N2OS. The summed E-state index contributed by atoms with van der Waals surface area (Å²) in [5, 5.41) is 19.1. The van der Waals surface area contributed by atoms with Crippen LogP contribution in [0.4, 0.5) is 0 Å². The van der Waals surface area contributed by atoms with Gasteiger partial charge in [0.15, 0.2) is 0 Å². The number of hydrogen-bond acceptors (Lipinski definition) is 4. The van der Waals surface area contributed by atoms with Crippen molar-refractivity contribution in [3.63, 3.8) is 0 Å². The second kappa shape index (κ2) is 5.67. The molecule has 1 aromatic carbocycles. The molecule has 0 unspecified atom stereocenters. The first-order chi connectivity index (χ1) is 8.80. The fraction of sp³-hybridized carbons (Fsp3) is 0.143. The number of rotatable bonds is 3. The van der Waals surface area contributed by atoms with Crippen molar-refractivity contribution in [3.8, 4) is 17.3 Å². The van der Waals surface area contributed by atoms with E-state index in [1.54, 1.807) is 6.07 Å². The van der Waals surface area contributed by atoms with Gasteiger partial charge in [0.05, 0.1) is 17.9 Å². The van der Waals surface area contributed by atoms with Gasteiger partial charge in [-0.2, -0.15) is 5.26 Å². The molecule has 2 rings (SSSR count). The molecule has 2 aromatic rings. The van der Waals surface area contributed by atoms with Gasteiger partial charge in [0.1, 0.15) is 11.1 Å². The highest BCUT2D eigenvalue weighted by atomic mass is 32.2. The van der Waals surface area contributed by atoms with Crippen LogP contribution in [0.25, 0.3) is 11.3 Å². The molecule has 3 nitrogen and oxygen atoms in total. The van der Waals surface area contributed by atoms with E-state index in [-0.39, 0.29) is 6.61 Å². The van der Waals surface area contributed by atoms with Crippen LogP contribution in [0.15, 0.2) is 41.4 Å². The average Bonchev–Trinajstić information content (AvgIpc) is 2.46. The van der Waals surface area contributed by atoms with Gasteiger partial charge in [0.2, 0.25) is 0 Å². The highest BCUT2D eigenvalue weighted by Crippen LogP contribution is 2.27. The Hall–Kier alpha value is -1.83. The Morgan fingerprint density at radius 3 is 2.61 bits per heavy atom. The second-order valence-corrected chi connectivity index (χ2v) is 4.48. The maximum absolute atomic E-state index is 9.41. The first kappa shape index (κ1) is 12.6. The summed E-state index contributed by atoms with van der Waals surface area (Å²) < 4.78 is 0. The smallest absolute Gasteiger partial charge is 0.114 e. The first-order valence-corrected chi connectivity index (χ1v) is 6.67. The minimum atomic E-state index is -0.124. The molecular weight excluding hydrogens is 244 g/mol. The number of aliphatic hydroxyl groups excluding tert-OH is 1. The zero-order valence-electron chi connectivity index (χ0n) is 9.92. The molecule has 0 saturated heterocycles. The molecule has 0 saturated carbocycles. The summed E-state index contributed by atoms with van der Waals surface area (Å²) in [6.07, 6.45) is 1.89. The summed E-state index contributed by atoms with van der Waals surface area (Å²) >= 11 is 1.43. The van der Waals surface area contributed by atoms with Crippen LogP contribution in [-0.2, 0) is 6.61 Å². The molecule has 0 atom stereocenters. The topological polar surface area (TPSA) is 56.9 Å². The molecule has 18 heavy (non-hydrogen) atoms. The van der Waals surface area contributed by atoms with Crippen LogP contribution in [0.1, 0.15) is 11.1 Å². The minimum absolute atomic E-state index is 0.124. The molecule has 90 valence electrons. The van der Waals surface area contributed by atoms with Crippen LogP contribution in [-0.4, -0.2) is 16.3 Å². The number of hydrogen-bond donors (Lipinski definition) is 1. The van der Waals surface area contributed by atoms with Gasteiger partial charge in [-0.15, -0.1) is 11.8 Å². The van der Waals surface area contributed by atoms with Crippen molar-refractivity contribution in [3.05, 3.63) is 47.5 Å². The van der Waals surface area contributed by atoms with E-state index in [9.17, 15) is 5.11 Å². The fourth-order valence-electron chi connectivity index (χ4n) is 1.74. The number of nitrogens with zero attached hydrogens (tertiary/aromatic N) is 2. The second-order valence-electron chi connectivity index (χ2n) is 3.69. The number of nitriles is 1. The summed E-state index contributed by atoms with van der Waals surface area (Å²) in [6.45, 7) is -0.124. The number of benzene rings is 1. The Morgan fingerprint density at radius 1 is 1.33 bits per heavy atom. The molecule has 0 aliphatic carbocycles. The van der Waals surface area contributed by atoms with Crippen molar-refractivity contribution in [1.29, 1.82) is 5.26 Å². The number of aromatic nitrogens is 1. The fourth-order valence-corrected chi connectivity index (χ4v) is 2.25. The van der Waals surface area contributed by atoms with Crippen molar-refractivity contribution < 1.29 is 5.11 Å².